The number of nitriles is 1. The third-order valence-corrected chi connectivity index (χ3v) is 6.92. The van der Waals surface area contributed by atoms with E-state index in [0.29, 0.717) is 17.4 Å². The molecule has 164 valence electrons. The van der Waals surface area contributed by atoms with Crippen molar-refractivity contribution in [1.29, 1.82) is 5.26 Å². The summed E-state index contributed by atoms with van der Waals surface area (Å²) in [7, 11) is 0. The van der Waals surface area contributed by atoms with Gasteiger partial charge in [0.15, 0.2) is 5.65 Å². The number of nitrogens with zero attached hydrogens (tertiary/aromatic N) is 4. The average Bonchev–Trinajstić information content (AvgIpc) is 3.18. The van der Waals surface area contributed by atoms with Gasteiger partial charge < -0.3 is 14.7 Å². The summed E-state index contributed by atoms with van der Waals surface area (Å²) < 4.78 is 7.80. The van der Waals surface area contributed by atoms with Crippen LogP contribution in [0.25, 0.3) is 16.7 Å². The van der Waals surface area contributed by atoms with E-state index in [9.17, 15) is 10.4 Å². The van der Waals surface area contributed by atoms with Crippen LogP contribution in [0.3, 0.4) is 0 Å². The quantitative estimate of drug-likeness (QED) is 0.660. The van der Waals surface area contributed by atoms with Crippen LogP contribution in [0.15, 0.2) is 24.3 Å². The smallest absolute Gasteiger partial charge is 0.157 e. The fourth-order valence-corrected chi connectivity index (χ4v) is 5.32. The van der Waals surface area contributed by atoms with Crippen LogP contribution in [0.5, 0.6) is 0 Å². The van der Waals surface area contributed by atoms with Crippen LogP contribution in [0.2, 0.25) is 0 Å². The number of hydrogen-bond acceptors (Lipinski definition) is 5. The van der Waals surface area contributed by atoms with Crippen LogP contribution >= 0.6 is 12.4 Å². The first kappa shape index (κ1) is 21.9. The van der Waals surface area contributed by atoms with E-state index in [0.717, 1.165) is 80.0 Å². The molecule has 0 atom stereocenters. The summed E-state index contributed by atoms with van der Waals surface area (Å²) in [5, 5.41) is 19.8. The van der Waals surface area contributed by atoms with E-state index < -0.39 is 0 Å². The second kappa shape index (κ2) is 9.04. The van der Waals surface area contributed by atoms with E-state index in [1.54, 1.807) is 0 Å². The minimum absolute atomic E-state index is 0. The van der Waals surface area contributed by atoms with E-state index in [4.69, 9.17) is 9.72 Å². The van der Waals surface area contributed by atoms with Crippen molar-refractivity contribution in [3.63, 3.8) is 0 Å². The van der Waals surface area contributed by atoms with Crippen molar-refractivity contribution in [2.24, 2.45) is 5.92 Å². The molecule has 3 aromatic rings. The van der Waals surface area contributed by atoms with Crippen molar-refractivity contribution in [2.45, 2.75) is 38.5 Å². The van der Waals surface area contributed by atoms with Crippen LogP contribution < -0.4 is 4.90 Å². The molecule has 0 aliphatic carbocycles. The molecular formula is C24H29ClN4O2. The van der Waals surface area contributed by atoms with E-state index >= 15 is 0 Å². The van der Waals surface area contributed by atoms with Gasteiger partial charge in [-0.1, -0.05) is 12.1 Å². The molecule has 1 N–H and O–H groups in total. The third-order valence-electron chi connectivity index (χ3n) is 6.92. The van der Waals surface area contributed by atoms with Gasteiger partial charge in [-0.05, 0) is 67.7 Å². The summed E-state index contributed by atoms with van der Waals surface area (Å²) in [4.78, 5) is 7.35. The molecule has 1 aromatic carbocycles. The largest absolute Gasteiger partial charge is 0.396 e. The first-order chi connectivity index (χ1) is 14.7. The minimum atomic E-state index is 0. The Labute approximate surface area is 188 Å². The topological polar surface area (TPSA) is 73.8 Å². The van der Waals surface area contributed by atoms with Gasteiger partial charge in [-0.3, -0.25) is 4.40 Å². The average molecular weight is 441 g/mol. The summed E-state index contributed by atoms with van der Waals surface area (Å²) in [6.45, 7) is 5.74. The maximum atomic E-state index is 10.2. The number of hydrogen-bond donors (Lipinski definition) is 1. The predicted octanol–water partition coefficient (Wildman–Crippen LogP) is 4.19. The molecule has 2 fully saturated rings. The first-order valence-corrected chi connectivity index (χ1v) is 11.0. The second-order valence-corrected chi connectivity index (χ2v) is 8.61. The van der Waals surface area contributed by atoms with Gasteiger partial charge in [-0.15, -0.1) is 12.4 Å². The Kier molecular flexibility index (Phi) is 6.38. The molecule has 0 amide bonds. The van der Waals surface area contributed by atoms with Gasteiger partial charge >= 0.3 is 0 Å². The van der Waals surface area contributed by atoms with Gasteiger partial charge in [0.2, 0.25) is 0 Å². The Balaban J connectivity index is 0.00000231. The summed E-state index contributed by atoms with van der Waals surface area (Å²) in [5.41, 5.74) is 5.79. The summed E-state index contributed by atoms with van der Waals surface area (Å²) in [5.74, 6) is 1.87. The molecule has 2 aliphatic heterocycles. The van der Waals surface area contributed by atoms with Crippen LogP contribution in [-0.4, -0.2) is 47.4 Å². The number of ether oxygens (including phenoxy) is 1. The number of piperidine rings is 1. The number of anilines is 1. The third kappa shape index (κ3) is 3.65. The Morgan fingerprint density at radius 1 is 1.16 bits per heavy atom. The molecule has 2 aliphatic rings. The zero-order chi connectivity index (χ0) is 20.7. The van der Waals surface area contributed by atoms with Gasteiger partial charge in [0, 0.05) is 32.9 Å². The highest BCUT2D eigenvalue weighted by atomic mass is 35.5. The highest BCUT2D eigenvalue weighted by molar-refractivity contribution is 5.86. The summed E-state index contributed by atoms with van der Waals surface area (Å²) in [6.07, 6.45) is 3.85. The lowest BCUT2D eigenvalue weighted by Gasteiger charge is -2.36. The highest BCUT2D eigenvalue weighted by Crippen LogP contribution is 2.40. The van der Waals surface area contributed by atoms with E-state index in [1.165, 1.54) is 5.56 Å². The van der Waals surface area contributed by atoms with Crippen LogP contribution in [0, 0.1) is 24.2 Å². The van der Waals surface area contributed by atoms with Crippen LogP contribution in [0.4, 0.5) is 5.82 Å². The van der Waals surface area contributed by atoms with Gasteiger partial charge in [-0.25, -0.2) is 4.98 Å². The standard InChI is InChI=1S/C24H28N4O2.ClH/c1-16-22(18-8-12-30-13-9-18)19(14-25)23-26-20-4-2-3-5-21(20)28(23)24(16)27-10-6-17(15-29)7-11-27;/h2-5,17-18,29H,6-13,15H2,1H3;1H. The second-order valence-electron chi connectivity index (χ2n) is 8.61. The molecule has 0 unspecified atom stereocenters. The van der Waals surface area contributed by atoms with E-state index in [-0.39, 0.29) is 19.0 Å². The van der Waals surface area contributed by atoms with Crippen molar-refractivity contribution in [3.8, 4) is 6.07 Å². The molecule has 31 heavy (non-hydrogen) atoms. The van der Waals surface area contributed by atoms with E-state index in [2.05, 4.69) is 28.4 Å². The molecule has 2 aromatic heterocycles. The number of benzene rings is 1. The maximum absolute atomic E-state index is 10.2. The van der Waals surface area contributed by atoms with Crippen molar-refractivity contribution >= 4 is 34.9 Å². The zero-order valence-corrected chi connectivity index (χ0v) is 18.7. The Bertz CT molecular complexity index is 1120. The lowest BCUT2D eigenvalue weighted by Crippen LogP contribution is -2.36. The van der Waals surface area contributed by atoms with Crippen molar-refractivity contribution in [1.82, 2.24) is 9.38 Å². The number of aliphatic hydroxyl groups is 1. The van der Waals surface area contributed by atoms with Crippen molar-refractivity contribution < 1.29 is 9.84 Å². The Morgan fingerprint density at radius 3 is 2.55 bits per heavy atom. The number of pyridine rings is 1. The molecule has 0 spiro atoms. The Hall–Kier alpha value is -2.33. The number of rotatable bonds is 3. The van der Waals surface area contributed by atoms with E-state index in [1.807, 2.05) is 18.2 Å². The fraction of sp³-hybridized carbons (Fsp3) is 0.500. The number of aromatic nitrogens is 2. The molecule has 0 saturated carbocycles. The maximum Gasteiger partial charge on any atom is 0.157 e. The molecule has 0 bridgehead atoms. The Morgan fingerprint density at radius 2 is 1.87 bits per heavy atom. The van der Waals surface area contributed by atoms with Crippen LogP contribution in [0.1, 0.15) is 48.3 Å². The molecule has 0 radical (unpaired) electrons. The van der Waals surface area contributed by atoms with Gasteiger partial charge in [0.05, 0.1) is 16.6 Å². The monoisotopic (exact) mass is 440 g/mol. The summed E-state index contributed by atoms with van der Waals surface area (Å²) >= 11 is 0. The van der Waals surface area contributed by atoms with Crippen molar-refractivity contribution in [2.75, 3.05) is 37.8 Å². The molecule has 6 nitrogen and oxygen atoms in total. The van der Waals surface area contributed by atoms with Crippen LogP contribution in [-0.2, 0) is 4.74 Å². The molecule has 2 saturated heterocycles. The zero-order valence-electron chi connectivity index (χ0n) is 17.9. The molecule has 7 heteroatoms. The van der Waals surface area contributed by atoms with Gasteiger partial charge in [0.1, 0.15) is 11.9 Å². The normalized spacial score (nSPS) is 18.3. The predicted molar refractivity (Wildman–Crippen MR) is 124 cm³/mol. The number of para-hydroxylation sites is 2. The SMILES string of the molecule is Cc1c(C2CCOCC2)c(C#N)c2nc3ccccc3n2c1N1CCC(CO)CC1.Cl. The number of imidazole rings is 1. The highest BCUT2D eigenvalue weighted by Gasteiger charge is 2.30. The fourth-order valence-electron chi connectivity index (χ4n) is 5.32. The number of aliphatic hydroxyl groups excluding tert-OH is 1. The van der Waals surface area contributed by atoms with Gasteiger partial charge in [0.25, 0.3) is 0 Å². The lowest BCUT2D eigenvalue weighted by molar-refractivity contribution is 0.0852. The minimum Gasteiger partial charge on any atom is -0.396 e. The van der Waals surface area contributed by atoms with Gasteiger partial charge in [-0.2, -0.15) is 5.26 Å². The molecule has 5 rings (SSSR count). The lowest BCUT2D eigenvalue weighted by atomic mass is 9.85. The van der Waals surface area contributed by atoms with Crippen molar-refractivity contribution in [3.05, 3.63) is 41.0 Å². The summed E-state index contributed by atoms with van der Waals surface area (Å²) in [6, 6.07) is 10.7. The molecule has 4 heterocycles. The first-order valence-electron chi connectivity index (χ1n) is 11.0. The number of halogens is 1. The number of fused-ring (bicyclic) bond motifs is 3. The molecular weight excluding hydrogens is 412 g/mol.